The van der Waals surface area contributed by atoms with Gasteiger partial charge in [-0.15, -0.1) is 0 Å². The van der Waals surface area contributed by atoms with Crippen molar-refractivity contribution in [2.75, 3.05) is 24.3 Å². The summed E-state index contributed by atoms with van der Waals surface area (Å²) in [7, 11) is 3.94. The second-order valence-electron chi connectivity index (χ2n) is 5.50. The van der Waals surface area contributed by atoms with Gasteiger partial charge in [-0.3, -0.25) is 4.79 Å². The highest BCUT2D eigenvalue weighted by atomic mass is 16.4. The molecule has 0 radical (unpaired) electrons. The Morgan fingerprint density at radius 1 is 1.24 bits per heavy atom. The monoisotopic (exact) mass is 287 g/mol. The predicted molar refractivity (Wildman–Crippen MR) is 84.1 cm³/mol. The Hall–Kier alpha value is -2.30. The van der Waals surface area contributed by atoms with E-state index in [2.05, 4.69) is 10.3 Å². The molecule has 1 aromatic heterocycles. The van der Waals surface area contributed by atoms with Gasteiger partial charge in [-0.2, -0.15) is 0 Å². The fourth-order valence-corrected chi connectivity index (χ4v) is 2.03. The molecule has 0 fully saturated rings. The van der Waals surface area contributed by atoms with Gasteiger partial charge < -0.3 is 14.6 Å². The van der Waals surface area contributed by atoms with Gasteiger partial charge in [-0.1, -0.05) is 13.8 Å². The number of carbonyl (C=O) groups is 1. The number of hydrogen-bond donors (Lipinski definition) is 1. The van der Waals surface area contributed by atoms with E-state index < -0.39 is 0 Å². The van der Waals surface area contributed by atoms with E-state index in [4.69, 9.17) is 4.42 Å². The zero-order chi connectivity index (χ0) is 15.6. The Morgan fingerprint density at radius 3 is 2.38 bits per heavy atom. The van der Waals surface area contributed by atoms with Crippen molar-refractivity contribution in [3.63, 3.8) is 0 Å². The van der Waals surface area contributed by atoms with Crippen LogP contribution in [0.5, 0.6) is 0 Å². The van der Waals surface area contributed by atoms with Crippen molar-refractivity contribution in [2.24, 2.45) is 0 Å². The molecule has 2 rings (SSSR count). The van der Waals surface area contributed by atoms with Gasteiger partial charge >= 0.3 is 0 Å². The SMILES string of the molecule is Cc1nc(C(C)C)c(C(=O)Nc2ccc(N(C)C)cc2)o1. The van der Waals surface area contributed by atoms with Crippen molar-refractivity contribution in [2.45, 2.75) is 26.7 Å². The Morgan fingerprint density at radius 2 is 1.86 bits per heavy atom. The molecule has 0 aliphatic rings. The molecule has 1 aromatic carbocycles. The van der Waals surface area contributed by atoms with E-state index in [0.717, 1.165) is 11.4 Å². The van der Waals surface area contributed by atoms with Crippen LogP contribution in [0.15, 0.2) is 28.7 Å². The second kappa shape index (κ2) is 5.99. The summed E-state index contributed by atoms with van der Waals surface area (Å²) in [5.74, 6) is 0.669. The topological polar surface area (TPSA) is 58.4 Å². The van der Waals surface area contributed by atoms with Crippen LogP contribution < -0.4 is 10.2 Å². The van der Waals surface area contributed by atoms with Crippen molar-refractivity contribution < 1.29 is 9.21 Å². The molecule has 0 unspecified atom stereocenters. The van der Waals surface area contributed by atoms with E-state index in [1.807, 2.05) is 57.1 Å². The number of rotatable bonds is 4. The van der Waals surface area contributed by atoms with Crippen molar-refractivity contribution in [1.29, 1.82) is 0 Å². The molecule has 1 N–H and O–H groups in total. The summed E-state index contributed by atoms with van der Waals surface area (Å²) in [6.07, 6.45) is 0. The second-order valence-corrected chi connectivity index (χ2v) is 5.50. The first-order valence-electron chi connectivity index (χ1n) is 6.94. The molecule has 0 saturated carbocycles. The fourth-order valence-electron chi connectivity index (χ4n) is 2.03. The highest BCUT2D eigenvalue weighted by Gasteiger charge is 2.21. The lowest BCUT2D eigenvalue weighted by molar-refractivity contribution is 0.0993. The number of oxazole rings is 1. The van der Waals surface area contributed by atoms with Gasteiger partial charge in [-0.25, -0.2) is 4.98 Å². The first-order valence-corrected chi connectivity index (χ1v) is 6.94. The van der Waals surface area contributed by atoms with Crippen LogP contribution in [0.4, 0.5) is 11.4 Å². The average molecular weight is 287 g/mol. The zero-order valence-electron chi connectivity index (χ0n) is 13.1. The lowest BCUT2D eigenvalue weighted by Gasteiger charge is -2.13. The summed E-state index contributed by atoms with van der Waals surface area (Å²) in [6.45, 7) is 5.72. The number of nitrogens with one attached hydrogen (secondary N) is 1. The summed E-state index contributed by atoms with van der Waals surface area (Å²) in [5, 5.41) is 2.84. The normalized spacial score (nSPS) is 10.8. The first kappa shape index (κ1) is 15.1. The largest absolute Gasteiger partial charge is 0.436 e. The molecule has 5 nitrogen and oxygen atoms in total. The summed E-state index contributed by atoms with van der Waals surface area (Å²) in [4.78, 5) is 18.6. The number of hydrogen-bond acceptors (Lipinski definition) is 4. The number of anilines is 2. The molecule has 0 bridgehead atoms. The summed E-state index contributed by atoms with van der Waals surface area (Å²) < 4.78 is 5.44. The third kappa shape index (κ3) is 3.42. The number of benzene rings is 1. The van der Waals surface area contributed by atoms with Crippen LogP contribution in [-0.2, 0) is 0 Å². The lowest BCUT2D eigenvalue weighted by Crippen LogP contribution is -2.14. The molecule has 0 saturated heterocycles. The van der Waals surface area contributed by atoms with Crippen molar-refractivity contribution >= 4 is 17.3 Å². The van der Waals surface area contributed by atoms with Gasteiger partial charge in [0.25, 0.3) is 5.91 Å². The molecule has 21 heavy (non-hydrogen) atoms. The number of aromatic nitrogens is 1. The van der Waals surface area contributed by atoms with Crippen LogP contribution in [0.3, 0.4) is 0 Å². The standard InChI is InChI=1S/C16H21N3O2/c1-10(2)14-15(21-11(3)17-14)16(20)18-12-6-8-13(9-7-12)19(4)5/h6-10H,1-5H3,(H,18,20). The quantitative estimate of drug-likeness (QED) is 0.936. The summed E-state index contributed by atoms with van der Waals surface area (Å²) in [6, 6.07) is 7.63. The molecule has 0 atom stereocenters. The van der Waals surface area contributed by atoms with Crippen LogP contribution in [0, 0.1) is 6.92 Å². The highest BCUT2D eigenvalue weighted by Crippen LogP contribution is 2.22. The van der Waals surface area contributed by atoms with E-state index in [0.29, 0.717) is 17.3 Å². The Bertz CT molecular complexity index is 627. The Labute approximate surface area is 125 Å². The van der Waals surface area contributed by atoms with Crippen LogP contribution in [0.2, 0.25) is 0 Å². The van der Waals surface area contributed by atoms with Crippen molar-refractivity contribution in [3.05, 3.63) is 41.6 Å². The van der Waals surface area contributed by atoms with E-state index in [1.165, 1.54) is 0 Å². The third-order valence-corrected chi connectivity index (χ3v) is 3.15. The lowest BCUT2D eigenvalue weighted by atomic mass is 10.1. The summed E-state index contributed by atoms with van der Waals surface area (Å²) >= 11 is 0. The predicted octanol–water partition coefficient (Wildman–Crippen LogP) is 3.42. The molecule has 2 aromatic rings. The maximum atomic E-state index is 12.3. The third-order valence-electron chi connectivity index (χ3n) is 3.15. The van der Waals surface area contributed by atoms with Gasteiger partial charge in [-0.05, 0) is 30.2 Å². The number of aryl methyl sites for hydroxylation is 1. The van der Waals surface area contributed by atoms with Crippen molar-refractivity contribution in [3.8, 4) is 0 Å². The molecular formula is C16H21N3O2. The molecule has 0 aliphatic heterocycles. The van der Waals surface area contributed by atoms with Crippen molar-refractivity contribution in [1.82, 2.24) is 4.98 Å². The molecule has 1 amide bonds. The minimum atomic E-state index is -0.267. The summed E-state index contributed by atoms with van der Waals surface area (Å²) in [5.41, 5.74) is 2.50. The molecule has 0 spiro atoms. The van der Waals surface area contributed by atoms with Crippen LogP contribution in [0.25, 0.3) is 0 Å². The van der Waals surface area contributed by atoms with E-state index in [1.54, 1.807) is 6.92 Å². The molecule has 1 heterocycles. The molecule has 112 valence electrons. The smallest absolute Gasteiger partial charge is 0.293 e. The molecular weight excluding hydrogens is 266 g/mol. The van der Waals surface area contributed by atoms with Crippen LogP contribution in [-0.4, -0.2) is 25.0 Å². The molecule has 5 heteroatoms. The number of amides is 1. The number of nitrogens with zero attached hydrogens (tertiary/aromatic N) is 2. The van der Waals surface area contributed by atoms with E-state index in [-0.39, 0.29) is 11.8 Å². The van der Waals surface area contributed by atoms with E-state index >= 15 is 0 Å². The fraction of sp³-hybridized carbons (Fsp3) is 0.375. The maximum absolute atomic E-state index is 12.3. The maximum Gasteiger partial charge on any atom is 0.293 e. The van der Waals surface area contributed by atoms with Crippen LogP contribution in [0.1, 0.15) is 41.9 Å². The average Bonchev–Trinajstić information content (AvgIpc) is 2.82. The van der Waals surface area contributed by atoms with Gasteiger partial charge in [0.1, 0.15) is 0 Å². The Kier molecular flexibility index (Phi) is 4.31. The van der Waals surface area contributed by atoms with Crippen LogP contribution >= 0.6 is 0 Å². The minimum Gasteiger partial charge on any atom is -0.436 e. The van der Waals surface area contributed by atoms with Gasteiger partial charge in [0.2, 0.25) is 5.76 Å². The first-order chi connectivity index (χ1) is 9.88. The molecule has 0 aliphatic carbocycles. The zero-order valence-corrected chi connectivity index (χ0v) is 13.1. The number of carbonyl (C=O) groups excluding carboxylic acids is 1. The highest BCUT2D eigenvalue weighted by molar-refractivity contribution is 6.03. The Balaban J connectivity index is 2.18. The van der Waals surface area contributed by atoms with Gasteiger partial charge in [0.05, 0.1) is 5.69 Å². The van der Waals surface area contributed by atoms with E-state index in [9.17, 15) is 4.79 Å². The minimum absolute atomic E-state index is 0.138. The van der Waals surface area contributed by atoms with Gasteiger partial charge in [0.15, 0.2) is 5.89 Å². The van der Waals surface area contributed by atoms with Gasteiger partial charge in [0, 0.05) is 32.4 Å².